The highest BCUT2D eigenvalue weighted by molar-refractivity contribution is 5.42. The lowest BCUT2D eigenvalue weighted by molar-refractivity contribution is 0.631. The van der Waals surface area contributed by atoms with Crippen LogP contribution < -0.4 is 5.32 Å². The SMILES string of the molecule is CCn1nnc2c1NCCC2. The summed E-state index contributed by atoms with van der Waals surface area (Å²) in [7, 11) is 0. The van der Waals surface area contributed by atoms with E-state index in [0.717, 1.165) is 31.0 Å². The quantitative estimate of drug-likeness (QED) is 0.642. The summed E-state index contributed by atoms with van der Waals surface area (Å²) in [4.78, 5) is 0. The first-order chi connectivity index (χ1) is 5.42. The molecule has 60 valence electrons. The van der Waals surface area contributed by atoms with Crippen molar-refractivity contribution in [3.8, 4) is 0 Å². The van der Waals surface area contributed by atoms with Crippen molar-refractivity contribution in [1.82, 2.24) is 15.0 Å². The highest BCUT2D eigenvalue weighted by Crippen LogP contribution is 2.17. The lowest BCUT2D eigenvalue weighted by Crippen LogP contribution is -2.14. The van der Waals surface area contributed by atoms with Crippen LogP contribution in [-0.2, 0) is 13.0 Å². The van der Waals surface area contributed by atoms with Crippen LogP contribution in [0.3, 0.4) is 0 Å². The minimum Gasteiger partial charge on any atom is -0.369 e. The van der Waals surface area contributed by atoms with Crippen LogP contribution in [0.15, 0.2) is 0 Å². The Morgan fingerprint density at radius 1 is 1.64 bits per heavy atom. The van der Waals surface area contributed by atoms with E-state index in [9.17, 15) is 0 Å². The van der Waals surface area contributed by atoms with E-state index in [1.54, 1.807) is 0 Å². The Hall–Kier alpha value is -1.06. The molecule has 2 heterocycles. The van der Waals surface area contributed by atoms with Crippen LogP contribution in [0.4, 0.5) is 5.82 Å². The highest BCUT2D eigenvalue weighted by Gasteiger charge is 2.14. The molecular weight excluding hydrogens is 140 g/mol. The Bertz CT molecular complexity index is 239. The molecule has 0 aliphatic carbocycles. The Balaban J connectivity index is 2.38. The number of fused-ring (bicyclic) bond motifs is 1. The molecule has 0 amide bonds. The topological polar surface area (TPSA) is 42.7 Å². The van der Waals surface area contributed by atoms with Gasteiger partial charge < -0.3 is 5.32 Å². The lowest BCUT2D eigenvalue weighted by Gasteiger charge is -2.13. The smallest absolute Gasteiger partial charge is 0.148 e. The van der Waals surface area contributed by atoms with Crippen molar-refractivity contribution in [3.05, 3.63) is 5.69 Å². The molecule has 1 aliphatic heterocycles. The zero-order valence-corrected chi connectivity index (χ0v) is 6.67. The van der Waals surface area contributed by atoms with E-state index in [4.69, 9.17) is 0 Å². The van der Waals surface area contributed by atoms with Crippen molar-refractivity contribution in [1.29, 1.82) is 0 Å². The van der Waals surface area contributed by atoms with Gasteiger partial charge in [-0.15, -0.1) is 5.10 Å². The van der Waals surface area contributed by atoms with Crippen molar-refractivity contribution in [3.63, 3.8) is 0 Å². The van der Waals surface area contributed by atoms with Gasteiger partial charge in [-0.05, 0) is 19.8 Å². The standard InChI is InChI=1S/C7H12N4/c1-2-11-7-6(9-10-11)4-3-5-8-7/h8H,2-5H2,1H3. The van der Waals surface area contributed by atoms with Crippen LogP contribution in [0.1, 0.15) is 19.0 Å². The molecular formula is C7H12N4. The predicted octanol–water partition coefficient (Wildman–Crippen LogP) is 0.656. The van der Waals surface area contributed by atoms with Gasteiger partial charge in [0.2, 0.25) is 0 Å². The van der Waals surface area contributed by atoms with Gasteiger partial charge in [0.05, 0.1) is 0 Å². The summed E-state index contributed by atoms with van der Waals surface area (Å²) in [5, 5.41) is 11.4. The summed E-state index contributed by atoms with van der Waals surface area (Å²) < 4.78 is 1.91. The van der Waals surface area contributed by atoms with Crippen LogP contribution in [0, 0.1) is 0 Å². The summed E-state index contributed by atoms with van der Waals surface area (Å²) in [5.74, 6) is 1.12. The Morgan fingerprint density at radius 2 is 2.55 bits per heavy atom. The summed E-state index contributed by atoms with van der Waals surface area (Å²) in [5.41, 5.74) is 1.12. The van der Waals surface area contributed by atoms with Crippen molar-refractivity contribution in [2.45, 2.75) is 26.3 Å². The molecule has 11 heavy (non-hydrogen) atoms. The molecule has 0 aromatic carbocycles. The molecule has 1 N–H and O–H groups in total. The van der Waals surface area contributed by atoms with E-state index < -0.39 is 0 Å². The largest absolute Gasteiger partial charge is 0.369 e. The van der Waals surface area contributed by atoms with Crippen molar-refractivity contribution < 1.29 is 0 Å². The fourth-order valence-electron chi connectivity index (χ4n) is 1.39. The molecule has 0 bridgehead atoms. The third-order valence-electron chi connectivity index (χ3n) is 1.99. The number of hydrogen-bond donors (Lipinski definition) is 1. The van der Waals surface area contributed by atoms with Gasteiger partial charge in [-0.25, -0.2) is 4.68 Å². The summed E-state index contributed by atoms with van der Waals surface area (Å²) >= 11 is 0. The van der Waals surface area contributed by atoms with Gasteiger partial charge in [-0.1, -0.05) is 5.21 Å². The molecule has 4 nitrogen and oxygen atoms in total. The summed E-state index contributed by atoms with van der Waals surface area (Å²) in [6.07, 6.45) is 2.25. The number of aromatic nitrogens is 3. The minimum atomic E-state index is 0.898. The van der Waals surface area contributed by atoms with E-state index in [-0.39, 0.29) is 0 Å². The van der Waals surface area contributed by atoms with Crippen molar-refractivity contribution in [2.75, 3.05) is 11.9 Å². The van der Waals surface area contributed by atoms with Crippen molar-refractivity contribution in [2.24, 2.45) is 0 Å². The monoisotopic (exact) mass is 152 g/mol. The van der Waals surface area contributed by atoms with E-state index in [2.05, 4.69) is 22.6 Å². The molecule has 0 saturated carbocycles. The second-order valence-electron chi connectivity index (χ2n) is 2.73. The zero-order valence-electron chi connectivity index (χ0n) is 6.67. The van der Waals surface area contributed by atoms with Crippen LogP contribution in [-0.4, -0.2) is 21.5 Å². The number of aryl methyl sites for hydroxylation is 2. The van der Waals surface area contributed by atoms with E-state index in [1.165, 1.54) is 6.42 Å². The number of anilines is 1. The molecule has 0 spiro atoms. The first kappa shape index (κ1) is 6.64. The van der Waals surface area contributed by atoms with E-state index in [0.29, 0.717) is 0 Å². The molecule has 0 unspecified atom stereocenters. The average molecular weight is 152 g/mol. The van der Waals surface area contributed by atoms with Gasteiger partial charge >= 0.3 is 0 Å². The highest BCUT2D eigenvalue weighted by atomic mass is 15.5. The lowest BCUT2D eigenvalue weighted by atomic mass is 10.2. The number of nitrogens with zero attached hydrogens (tertiary/aromatic N) is 3. The third-order valence-corrected chi connectivity index (χ3v) is 1.99. The van der Waals surface area contributed by atoms with Crippen LogP contribution in [0.2, 0.25) is 0 Å². The second kappa shape index (κ2) is 2.53. The van der Waals surface area contributed by atoms with Gasteiger partial charge in [0.25, 0.3) is 0 Å². The molecule has 2 rings (SSSR count). The summed E-state index contributed by atoms with van der Waals surface area (Å²) in [6, 6.07) is 0. The van der Waals surface area contributed by atoms with Crippen molar-refractivity contribution >= 4 is 5.82 Å². The number of hydrogen-bond acceptors (Lipinski definition) is 3. The van der Waals surface area contributed by atoms with Gasteiger partial charge in [0.15, 0.2) is 0 Å². The molecule has 0 fully saturated rings. The van der Waals surface area contributed by atoms with Crippen LogP contribution >= 0.6 is 0 Å². The molecule has 1 aromatic heterocycles. The molecule has 0 atom stereocenters. The third kappa shape index (κ3) is 0.982. The Morgan fingerprint density at radius 3 is 3.36 bits per heavy atom. The number of rotatable bonds is 1. The second-order valence-corrected chi connectivity index (χ2v) is 2.73. The van der Waals surface area contributed by atoms with Crippen LogP contribution in [0.5, 0.6) is 0 Å². The van der Waals surface area contributed by atoms with Gasteiger partial charge in [-0.2, -0.15) is 0 Å². The molecule has 0 radical (unpaired) electrons. The van der Waals surface area contributed by atoms with Gasteiger partial charge in [-0.3, -0.25) is 0 Å². The fraction of sp³-hybridized carbons (Fsp3) is 0.714. The first-order valence-electron chi connectivity index (χ1n) is 4.08. The van der Waals surface area contributed by atoms with Gasteiger partial charge in [0, 0.05) is 13.1 Å². The normalized spacial score (nSPS) is 15.7. The Kier molecular flexibility index (Phi) is 1.52. The maximum absolute atomic E-state index is 4.08. The minimum absolute atomic E-state index is 0.898. The van der Waals surface area contributed by atoms with Gasteiger partial charge in [0.1, 0.15) is 11.5 Å². The molecule has 1 aromatic rings. The maximum Gasteiger partial charge on any atom is 0.148 e. The fourth-order valence-corrected chi connectivity index (χ4v) is 1.39. The zero-order chi connectivity index (χ0) is 7.68. The average Bonchev–Trinajstić information content (AvgIpc) is 2.47. The molecule has 4 heteroatoms. The van der Waals surface area contributed by atoms with Crippen LogP contribution in [0.25, 0.3) is 0 Å². The predicted molar refractivity (Wildman–Crippen MR) is 42.5 cm³/mol. The van der Waals surface area contributed by atoms with E-state index >= 15 is 0 Å². The molecule has 1 aliphatic rings. The number of nitrogens with one attached hydrogen (secondary N) is 1. The summed E-state index contributed by atoms with van der Waals surface area (Å²) in [6.45, 7) is 4.03. The molecule has 0 saturated heterocycles. The van der Waals surface area contributed by atoms with E-state index in [1.807, 2.05) is 4.68 Å². The Labute approximate surface area is 65.6 Å². The first-order valence-corrected chi connectivity index (χ1v) is 4.08. The maximum atomic E-state index is 4.08.